The monoisotopic (exact) mass is 443 g/mol. The molecule has 0 N–H and O–H groups in total. The van der Waals surface area contributed by atoms with Crippen LogP contribution in [0, 0.1) is 5.82 Å². The fourth-order valence-electron chi connectivity index (χ4n) is 3.69. The van der Waals surface area contributed by atoms with E-state index in [0.717, 1.165) is 5.57 Å². The van der Waals surface area contributed by atoms with Crippen molar-refractivity contribution in [1.82, 2.24) is 19.9 Å². The van der Waals surface area contributed by atoms with Gasteiger partial charge in [0.25, 0.3) is 5.91 Å². The van der Waals surface area contributed by atoms with E-state index in [-0.39, 0.29) is 19.1 Å². The van der Waals surface area contributed by atoms with E-state index in [1.165, 1.54) is 24.1 Å². The van der Waals surface area contributed by atoms with E-state index < -0.39 is 24.0 Å². The van der Waals surface area contributed by atoms with Gasteiger partial charge in [0.1, 0.15) is 11.9 Å². The van der Waals surface area contributed by atoms with Crippen molar-refractivity contribution in [3.8, 4) is 0 Å². The molecule has 2 aliphatic rings. The van der Waals surface area contributed by atoms with E-state index in [9.17, 15) is 18.8 Å². The van der Waals surface area contributed by atoms with Crippen LogP contribution in [0.15, 0.2) is 36.7 Å². The third-order valence-corrected chi connectivity index (χ3v) is 5.31. The van der Waals surface area contributed by atoms with Gasteiger partial charge < -0.3 is 14.4 Å². The van der Waals surface area contributed by atoms with Gasteiger partial charge in [-0.2, -0.15) is 0 Å². The minimum absolute atomic E-state index is 0.277. The van der Waals surface area contributed by atoms with Crippen molar-refractivity contribution in [3.05, 3.63) is 48.0 Å². The fraction of sp³-hybridized carbons (Fsp3) is 0.381. The first kappa shape index (κ1) is 21.5. The molecule has 2 aromatic rings. The quantitative estimate of drug-likeness (QED) is 0.625. The van der Waals surface area contributed by atoms with Gasteiger partial charge in [-0.05, 0) is 30.2 Å². The van der Waals surface area contributed by atoms with Crippen LogP contribution in [0.3, 0.4) is 0 Å². The van der Waals surface area contributed by atoms with E-state index in [0.29, 0.717) is 37.3 Å². The molecule has 0 aliphatic carbocycles. The summed E-state index contributed by atoms with van der Waals surface area (Å²) in [7, 11) is 0. The number of benzene rings is 1. The lowest BCUT2D eigenvalue weighted by molar-refractivity contribution is -0.150. The van der Waals surface area contributed by atoms with Crippen LogP contribution < -0.4 is 4.90 Å². The maximum Gasteiger partial charge on any atom is 0.414 e. The van der Waals surface area contributed by atoms with Gasteiger partial charge >= 0.3 is 12.1 Å². The molecule has 1 aromatic carbocycles. The highest BCUT2D eigenvalue weighted by Crippen LogP contribution is 2.30. The number of aromatic nitrogens is 3. The molecule has 32 heavy (non-hydrogen) atoms. The standard InChI is InChI=1S/C21H22FN5O5/c1-14(28)31-13-20(29)25-7-4-15(5-8-25)18-3-2-16(10-19(18)22)27-12-17(32-21(27)30)11-26-9-6-23-24-26/h2-4,6,9-10,17H,5,7-8,11-13H2,1H3. The van der Waals surface area contributed by atoms with Crippen molar-refractivity contribution < 1.29 is 28.2 Å². The summed E-state index contributed by atoms with van der Waals surface area (Å²) in [6.07, 6.45) is 4.51. The number of nitrogens with zero attached hydrogens (tertiary/aromatic N) is 5. The van der Waals surface area contributed by atoms with Gasteiger partial charge in [0.15, 0.2) is 6.61 Å². The summed E-state index contributed by atoms with van der Waals surface area (Å²) >= 11 is 0. The SMILES string of the molecule is CC(=O)OCC(=O)N1CC=C(c2ccc(N3CC(Cn4ccnn4)OC3=O)cc2F)CC1. The summed E-state index contributed by atoms with van der Waals surface area (Å²) in [6, 6.07) is 4.62. The molecule has 4 rings (SSSR count). The van der Waals surface area contributed by atoms with Crippen LogP contribution in [-0.2, 0) is 25.6 Å². The molecule has 0 radical (unpaired) electrons. The summed E-state index contributed by atoms with van der Waals surface area (Å²) in [4.78, 5) is 38.1. The van der Waals surface area contributed by atoms with Crippen LogP contribution in [-0.4, -0.2) is 70.2 Å². The Kier molecular flexibility index (Phi) is 6.15. The first-order chi connectivity index (χ1) is 15.4. The molecule has 0 saturated carbocycles. The molecule has 2 aliphatic heterocycles. The zero-order valence-electron chi connectivity index (χ0n) is 17.4. The minimum atomic E-state index is -0.541. The largest absolute Gasteiger partial charge is 0.456 e. The Labute approximate surface area is 183 Å². The molecule has 168 valence electrons. The number of hydrogen-bond acceptors (Lipinski definition) is 7. The molecule has 1 fully saturated rings. The van der Waals surface area contributed by atoms with Gasteiger partial charge in [-0.15, -0.1) is 5.10 Å². The summed E-state index contributed by atoms with van der Waals surface area (Å²) in [5.74, 6) is -1.26. The van der Waals surface area contributed by atoms with Gasteiger partial charge in [-0.3, -0.25) is 14.5 Å². The summed E-state index contributed by atoms with van der Waals surface area (Å²) in [5, 5.41) is 7.58. The van der Waals surface area contributed by atoms with Crippen molar-refractivity contribution >= 4 is 29.2 Å². The molecule has 1 atom stereocenters. The van der Waals surface area contributed by atoms with E-state index >= 15 is 0 Å². The highest BCUT2D eigenvalue weighted by atomic mass is 19.1. The highest BCUT2D eigenvalue weighted by Gasteiger charge is 2.33. The van der Waals surface area contributed by atoms with E-state index in [2.05, 4.69) is 10.3 Å². The second-order valence-corrected chi connectivity index (χ2v) is 7.50. The molecule has 0 bridgehead atoms. The van der Waals surface area contributed by atoms with Crippen molar-refractivity contribution in [2.24, 2.45) is 0 Å². The second kappa shape index (κ2) is 9.16. The maximum atomic E-state index is 14.9. The lowest BCUT2D eigenvalue weighted by Gasteiger charge is -2.26. The van der Waals surface area contributed by atoms with Crippen molar-refractivity contribution in [3.63, 3.8) is 0 Å². The van der Waals surface area contributed by atoms with Crippen molar-refractivity contribution in [2.45, 2.75) is 26.0 Å². The Balaban J connectivity index is 1.40. The van der Waals surface area contributed by atoms with Gasteiger partial charge in [0.05, 0.1) is 25.0 Å². The normalized spacial score (nSPS) is 18.4. The van der Waals surface area contributed by atoms with E-state index in [1.807, 2.05) is 0 Å². The van der Waals surface area contributed by atoms with Gasteiger partial charge in [-0.1, -0.05) is 11.3 Å². The first-order valence-electron chi connectivity index (χ1n) is 10.1. The predicted molar refractivity (Wildman–Crippen MR) is 110 cm³/mol. The molecule has 1 saturated heterocycles. The van der Waals surface area contributed by atoms with Gasteiger partial charge in [0, 0.05) is 31.8 Å². The molecule has 1 aromatic heterocycles. The molecular formula is C21H22FN5O5. The lowest BCUT2D eigenvalue weighted by atomic mass is 9.98. The van der Waals surface area contributed by atoms with Crippen LogP contribution in [0.5, 0.6) is 0 Å². The number of esters is 1. The summed E-state index contributed by atoms with van der Waals surface area (Å²) in [6.45, 7) is 2.29. The lowest BCUT2D eigenvalue weighted by Crippen LogP contribution is -2.37. The summed E-state index contributed by atoms with van der Waals surface area (Å²) in [5.41, 5.74) is 1.61. The van der Waals surface area contributed by atoms with Crippen molar-refractivity contribution in [1.29, 1.82) is 0 Å². The number of carbonyl (C=O) groups excluding carboxylic acids is 3. The molecule has 10 nitrogen and oxygen atoms in total. The fourth-order valence-corrected chi connectivity index (χ4v) is 3.69. The van der Waals surface area contributed by atoms with Crippen LogP contribution >= 0.6 is 0 Å². The van der Waals surface area contributed by atoms with Crippen molar-refractivity contribution in [2.75, 3.05) is 31.1 Å². The average molecular weight is 443 g/mol. The topological polar surface area (TPSA) is 107 Å². The Bertz CT molecular complexity index is 1050. The Morgan fingerprint density at radius 2 is 2.19 bits per heavy atom. The number of anilines is 1. The van der Waals surface area contributed by atoms with E-state index in [4.69, 9.17) is 9.47 Å². The zero-order chi connectivity index (χ0) is 22.7. The molecule has 3 heterocycles. The number of cyclic esters (lactones) is 1. The Hall–Kier alpha value is -3.76. The first-order valence-corrected chi connectivity index (χ1v) is 10.1. The Morgan fingerprint density at radius 3 is 2.84 bits per heavy atom. The van der Waals surface area contributed by atoms with Gasteiger partial charge in [-0.25, -0.2) is 13.9 Å². The van der Waals surface area contributed by atoms with Crippen LogP contribution in [0.4, 0.5) is 14.9 Å². The highest BCUT2D eigenvalue weighted by molar-refractivity contribution is 5.90. The third-order valence-electron chi connectivity index (χ3n) is 5.31. The number of rotatable bonds is 6. The van der Waals surface area contributed by atoms with E-state index in [1.54, 1.807) is 34.0 Å². The number of amides is 2. The van der Waals surface area contributed by atoms with Gasteiger partial charge in [0.2, 0.25) is 0 Å². The number of carbonyl (C=O) groups is 3. The zero-order valence-corrected chi connectivity index (χ0v) is 17.4. The van der Waals surface area contributed by atoms with Crippen LogP contribution in [0.1, 0.15) is 18.9 Å². The van der Waals surface area contributed by atoms with Crippen LogP contribution in [0.25, 0.3) is 5.57 Å². The second-order valence-electron chi connectivity index (χ2n) is 7.50. The number of halogens is 1. The van der Waals surface area contributed by atoms with Crippen LogP contribution in [0.2, 0.25) is 0 Å². The number of hydrogen-bond donors (Lipinski definition) is 0. The molecule has 11 heteroatoms. The molecule has 1 unspecified atom stereocenters. The third kappa shape index (κ3) is 4.76. The predicted octanol–water partition coefficient (Wildman–Crippen LogP) is 1.62. The smallest absolute Gasteiger partial charge is 0.414 e. The molecular weight excluding hydrogens is 421 g/mol. The maximum absolute atomic E-state index is 14.9. The molecule has 2 amide bonds. The number of ether oxygens (including phenoxy) is 2. The summed E-state index contributed by atoms with van der Waals surface area (Å²) < 4.78 is 26.6. The minimum Gasteiger partial charge on any atom is -0.456 e. The Morgan fingerprint density at radius 1 is 1.34 bits per heavy atom. The molecule has 0 spiro atoms. The average Bonchev–Trinajstić information content (AvgIpc) is 3.41.